The Bertz CT molecular complexity index is 914. The number of hydrogen-bond acceptors (Lipinski definition) is 5. The zero-order valence-corrected chi connectivity index (χ0v) is 18.8. The van der Waals surface area contributed by atoms with Crippen molar-refractivity contribution in [2.45, 2.75) is 38.1 Å². The molecule has 3 rings (SSSR count). The molecule has 0 amide bonds. The van der Waals surface area contributed by atoms with Crippen molar-refractivity contribution in [1.29, 1.82) is 0 Å². The minimum Gasteiger partial charge on any atom is -0.356 e. The number of aryl methyl sites for hydroxylation is 2. The van der Waals surface area contributed by atoms with Gasteiger partial charge in [0.25, 0.3) is 0 Å². The van der Waals surface area contributed by atoms with Gasteiger partial charge in [0.2, 0.25) is 10.0 Å². The smallest absolute Gasteiger partial charge is 0.243 e. The van der Waals surface area contributed by atoms with Crippen molar-refractivity contribution in [3.63, 3.8) is 0 Å². The maximum Gasteiger partial charge on any atom is 0.243 e. The van der Waals surface area contributed by atoms with Crippen LogP contribution in [0.2, 0.25) is 0 Å². The van der Waals surface area contributed by atoms with Gasteiger partial charge in [-0.3, -0.25) is 4.99 Å². The second-order valence-corrected chi connectivity index (χ2v) is 10.4. The summed E-state index contributed by atoms with van der Waals surface area (Å²) in [4.78, 5) is 10.4. The Labute approximate surface area is 177 Å². The molecular weight excluding hydrogens is 406 g/mol. The molecule has 1 saturated heterocycles. The van der Waals surface area contributed by atoms with Crippen LogP contribution < -0.4 is 10.6 Å². The van der Waals surface area contributed by atoms with Crippen LogP contribution in [0.3, 0.4) is 0 Å². The molecule has 0 atom stereocenters. The molecular formula is C20H29N5O2S2. The average molecular weight is 436 g/mol. The average Bonchev–Trinajstić information content (AvgIpc) is 3.06. The van der Waals surface area contributed by atoms with E-state index in [1.54, 1.807) is 47.0 Å². The van der Waals surface area contributed by atoms with Gasteiger partial charge in [-0.15, -0.1) is 11.3 Å². The highest BCUT2D eigenvalue weighted by Crippen LogP contribution is 2.23. The van der Waals surface area contributed by atoms with Gasteiger partial charge in [0.15, 0.2) is 5.96 Å². The molecule has 0 spiro atoms. The molecule has 2 heterocycles. The van der Waals surface area contributed by atoms with Crippen LogP contribution in [0.4, 0.5) is 0 Å². The van der Waals surface area contributed by atoms with E-state index in [1.807, 2.05) is 13.0 Å². The van der Waals surface area contributed by atoms with E-state index in [0.29, 0.717) is 30.4 Å². The Kier molecular flexibility index (Phi) is 7.26. The number of guanidine groups is 1. The number of thiazole rings is 1. The SMILES string of the molecule is CN=C(NCc1nc(C)c(C)s1)NCC1CCN(S(=O)(=O)c2ccccc2)CC1. The summed E-state index contributed by atoms with van der Waals surface area (Å²) in [6, 6.07) is 8.66. The summed E-state index contributed by atoms with van der Waals surface area (Å²) < 4.78 is 27.1. The molecule has 2 aromatic rings. The lowest BCUT2D eigenvalue weighted by atomic mass is 9.98. The maximum absolute atomic E-state index is 12.7. The lowest BCUT2D eigenvalue weighted by Crippen LogP contribution is -2.44. The lowest BCUT2D eigenvalue weighted by molar-refractivity contribution is 0.273. The summed E-state index contributed by atoms with van der Waals surface area (Å²) in [7, 11) is -1.64. The van der Waals surface area contributed by atoms with Gasteiger partial charge in [0.05, 0.1) is 17.1 Å². The first-order valence-electron chi connectivity index (χ1n) is 9.82. The number of aromatic nitrogens is 1. The molecule has 1 fully saturated rings. The summed E-state index contributed by atoms with van der Waals surface area (Å²) in [6.45, 7) is 6.61. The summed E-state index contributed by atoms with van der Waals surface area (Å²) in [6.07, 6.45) is 1.67. The van der Waals surface area contributed by atoms with Crippen LogP contribution in [-0.2, 0) is 16.6 Å². The van der Waals surface area contributed by atoms with Crippen LogP contribution in [0.15, 0.2) is 40.2 Å². The van der Waals surface area contributed by atoms with Crippen molar-refractivity contribution in [2.24, 2.45) is 10.9 Å². The quantitative estimate of drug-likeness (QED) is 0.538. The van der Waals surface area contributed by atoms with Crippen molar-refractivity contribution in [1.82, 2.24) is 19.9 Å². The van der Waals surface area contributed by atoms with Crippen LogP contribution in [0.1, 0.15) is 28.4 Å². The number of nitrogens with zero attached hydrogens (tertiary/aromatic N) is 3. The Hall–Kier alpha value is -1.97. The Morgan fingerprint density at radius 1 is 1.21 bits per heavy atom. The van der Waals surface area contributed by atoms with Crippen molar-refractivity contribution >= 4 is 27.3 Å². The fraction of sp³-hybridized carbons (Fsp3) is 0.500. The summed E-state index contributed by atoms with van der Waals surface area (Å²) in [5, 5.41) is 7.71. The fourth-order valence-electron chi connectivity index (χ4n) is 3.33. The Morgan fingerprint density at radius 2 is 1.90 bits per heavy atom. The van der Waals surface area contributed by atoms with E-state index in [2.05, 4.69) is 27.5 Å². The van der Waals surface area contributed by atoms with E-state index < -0.39 is 10.0 Å². The number of aliphatic imine (C=N–C) groups is 1. The van der Waals surface area contributed by atoms with Crippen molar-refractivity contribution in [3.8, 4) is 0 Å². The highest BCUT2D eigenvalue weighted by Gasteiger charge is 2.29. The molecule has 0 unspecified atom stereocenters. The molecule has 1 aliphatic rings. The van der Waals surface area contributed by atoms with Gasteiger partial charge in [0, 0.05) is 31.6 Å². The summed E-state index contributed by atoms with van der Waals surface area (Å²) in [5.41, 5.74) is 1.08. The van der Waals surface area contributed by atoms with Crippen molar-refractivity contribution in [2.75, 3.05) is 26.7 Å². The van der Waals surface area contributed by atoms with E-state index >= 15 is 0 Å². The Morgan fingerprint density at radius 3 is 2.48 bits per heavy atom. The normalized spacial score (nSPS) is 16.7. The Balaban J connectivity index is 1.45. The second kappa shape index (κ2) is 9.69. The largest absolute Gasteiger partial charge is 0.356 e. The molecule has 1 aromatic heterocycles. The fourth-order valence-corrected chi connectivity index (χ4v) is 5.70. The lowest BCUT2D eigenvalue weighted by Gasteiger charge is -2.31. The zero-order chi connectivity index (χ0) is 20.9. The van der Waals surface area contributed by atoms with Gasteiger partial charge in [-0.25, -0.2) is 13.4 Å². The molecule has 7 nitrogen and oxygen atoms in total. The third-order valence-electron chi connectivity index (χ3n) is 5.22. The van der Waals surface area contributed by atoms with E-state index in [0.717, 1.165) is 36.0 Å². The summed E-state index contributed by atoms with van der Waals surface area (Å²) in [5.74, 6) is 1.16. The van der Waals surface area contributed by atoms with Gasteiger partial charge >= 0.3 is 0 Å². The van der Waals surface area contributed by atoms with Crippen LogP contribution in [-0.4, -0.2) is 50.3 Å². The predicted molar refractivity (Wildman–Crippen MR) is 118 cm³/mol. The first-order chi connectivity index (χ1) is 13.9. The van der Waals surface area contributed by atoms with Crippen LogP contribution in [0.5, 0.6) is 0 Å². The topological polar surface area (TPSA) is 86.7 Å². The molecule has 1 aromatic carbocycles. The minimum absolute atomic E-state index is 0.369. The van der Waals surface area contributed by atoms with Crippen molar-refractivity contribution in [3.05, 3.63) is 45.9 Å². The highest BCUT2D eigenvalue weighted by atomic mass is 32.2. The maximum atomic E-state index is 12.7. The van der Waals surface area contributed by atoms with E-state index in [9.17, 15) is 8.42 Å². The standard InChI is InChI=1S/C20H29N5O2S2/c1-15-16(2)28-19(24-15)14-23-20(21-3)22-13-17-9-11-25(12-10-17)29(26,27)18-7-5-4-6-8-18/h4-8,17H,9-14H2,1-3H3,(H2,21,22,23). The third kappa shape index (κ3) is 5.55. The molecule has 9 heteroatoms. The highest BCUT2D eigenvalue weighted by molar-refractivity contribution is 7.89. The number of rotatable bonds is 6. The first-order valence-corrected chi connectivity index (χ1v) is 12.1. The molecule has 2 N–H and O–H groups in total. The number of benzene rings is 1. The molecule has 158 valence electrons. The minimum atomic E-state index is -3.39. The molecule has 1 aliphatic heterocycles. The van der Waals surface area contributed by atoms with E-state index in [1.165, 1.54) is 4.88 Å². The van der Waals surface area contributed by atoms with Crippen molar-refractivity contribution < 1.29 is 8.42 Å². The van der Waals surface area contributed by atoms with E-state index in [-0.39, 0.29) is 0 Å². The number of piperidine rings is 1. The predicted octanol–water partition coefficient (Wildman–Crippen LogP) is 2.53. The molecule has 29 heavy (non-hydrogen) atoms. The zero-order valence-electron chi connectivity index (χ0n) is 17.2. The summed E-state index contributed by atoms with van der Waals surface area (Å²) >= 11 is 1.69. The van der Waals surface area contributed by atoms with Gasteiger partial charge in [0.1, 0.15) is 5.01 Å². The molecule has 0 bridgehead atoms. The monoisotopic (exact) mass is 435 g/mol. The van der Waals surface area contributed by atoms with Crippen LogP contribution in [0.25, 0.3) is 0 Å². The van der Waals surface area contributed by atoms with Crippen LogP contribution in [0, 0.1) is 19.8 Å². The van der Waals surface area contributed by atoms with Gasteiger partial charge in [-0.05, 0) is 44.7 Å². The van der Waals surface area contributed by atoms with Crippen LogP contribution >= 0.6 is 11.3 Å². The third-order valence-corrected chi connectivity index (χ3v) is 8.20. The molecule has 0 aliphatic carbocycles. The second-order valence-electron chi connectivity index (χ2n) is 7.22. The number of sulfonamides is 1. The van der Waals surface area contributed by atoms with Gasteiger partial charge in [-0.1, -0.05) is 18.2 Å². The number of hydrogen-bond donors (Lipinski definition) is 2. The number of nitrogens with one attached hydrogen (secondary N) is 2. The molecule has 0 saturated carbocycles. The van der Waals surface area contributed by atoms with Gasteiger partial charge < -0.3 is 10.6 Å². The van der Waals surface area contributed by atoms with Gasteiger partial charge in [-0.2, -0.15) is 4.31 Å². The molecule has 0 radical (unpaired) electrons. The first kappa shape index (κ1) is 21.7. The van der Waals surface area contributed by atoms with E-state index in [4.69, 9.17) is 0 Å².